The Morgan fingerprint density at radius 2 is 1.59 bits per heavy atom. The number of thiophene rings is 1. The van der Waals surface area contributed by atoms with Gasteiger partial charge in [-0.2, -0.15) is 0 Å². The lowest BCUT2D eigenvalue weighted by Crippen LogP contribution is -1.86. The molecule has 0 unspecified atom stereocenters. The van der Waals surface area contributed by atoms with Gasteiger partial charge in [-0.05, 0) is 54.8 Å². The fraction of sp³-hybridized carbons (Fsp3) is 0.100. The van der Waals surface area contributed by atoms with Gasteiger partial charge in [-0.25, -0.2) is 0 Å². The number of thiol groups is 1. The average Bonchev–Trinajstić information content (AvgIpc) is 2.87. The topological polar surface area (TPSA) is 0 Å². The van der Waals surface area contributed by atoms with E-state index in [-0.39, 0.29) is 0 Å². The van der Waals surface area contributed by atoms with E-state index in [1.807, 2.05) is 11.3 Å². The van der Waals surface area contributed by atoms with E-state index in [2.05, 4.69) is 81.1 Å². The molecule has 4 rings (SSSR count). The van der Waals surface area contributed by atoms with Crippen LogP contribution < -0.4 is 0 Å². The predicted molar refractivity (Wildman–Crippen MR) is 101 cm³/mol. The fourth-order valence-corrected chi connectivity index (χ4v) is 4.42. The molecule has 0 radical (unpaired) electrons. The fourth-order valence-electron chi connectivity index (χ4n) is 3.04. The van der Waals surface area contributed by atoms with Crippen LogP contribution in [0.1, 0.15) is 11.1 Å². The molecule has 0 fully saturated rings. The summed E-state index contributed by atoms with van der Waals surface area (Å²) in [4.78, 5) is 1.04. The quantitative estimate of drug-likeness (QED) is 0.374. The van der Waals surface area contributed by atoms with E-state index in [4.69, 9.17) is 0 Å². The summed E-state index contributed by atoms with van der Waals surface area (Å²) in [6.45, 7) is 4.32. The molecule has 1 aromatic heterocycles. The van der Waals surface area contributed by atoms with Crippen LogP contribution in [-0.4, -0.2) is 0 Å². The van der Waals surface area contributed by atoms with E-state index in [1.165, 1.54) is 42.4 Å². The predicted octanol–water partition coefficient (Wildman–Crippen LogP) is 6.63. The van der Waals surface area contributed by atoms with Crippen LogP contribution in [0.2, 0.25) is 0 Å². The van der Waals surface area contributed by atoms with Gasteiger partial charge in [-0.15, -0.1) is 24.0 Å². The average molecular weight is 320 g/mol. The molecule has 22 heavy (non-hydrogen) atoms. The molecule has 108 valence electrons. The van der Waals surface area contributed by atoms with Crippen molar-refractivity contribution in [2.24, 2.45) is 0 Å². The van der Waals surface area contributed by atoms with E-state index in [9.17, 15) is 0 Å². The molecular weight excluding hydrogens is 304 g/mol. The van der Waals surface area contributed by atoms with Crippen molar-refractivity contribution in [2.75, 3.05) is 0 Å². The van der Waals surface area contributed by atoms with Crippen LogP contribution in [0.15, 0.2) is 59.5 Å². The van der Waals surface area contributed by atoms with E-state index in [1.54, 1.807) is 0 Å². The van der Waals surface area contributed by atoms with Gasteiger partial charge in [0.05, 0.1) is 0 Å². The normalized spacial score (nSPS) is 11.4. The Morgan fingerprint density at radius 1 is 0.773 bits per heavy atom. The molecule has 0 atom stereocenters. The molecule has 0 spiro atoms. The minimum atomic E-state index is 1.04. The van der Waals surface area contributed by atoms with Crippen molar-refractivity contribution in [3.05, 3.63) is 65.7 Å². The summed E-state index contributed by atoms with van der Waals surface area (Å²) in [5.41, 5.74) is 5.08. The van der Waals surface area contributed by atoms with Gasteiger partial charge in [0.15, 0.2) is 0 Å². The molecule has 0 bridgehead atoms. The molecule has 0 saturated heterocycles. The van der Waals surface area contributed by atoms with Crippen LogP contribution in [0.5, 0.6) is 0 Å². The number of hydrogen-bond donors (Lipinski definition) is 1. The summed E-state index contributed by atoms with van der Waals surface area (Å²) >= 11 is 6.52. The van der Waals surface area contributed by atoms with Gasteiger partial charge >= 0.3 is 0 Å². The summed E-state index contributed by atoms with van der Waals surface area (Å²) in [5.74, 6) is 0. The van der Waals surface area contributed by atoms with Gasteiger partial charge in [-0.3, -0.25) is 0 Å². The van der Waals surface area contributed by atoms with Crippen molar-refractivity contribution in [2.45, 2.75) is 18.7 Å². The van der Waals surface area contributed by atoms with Crippen LogP contribution in [0.4, 0.5) is 0 Å². The monoisotopic (exact) mass is 320 g/mol. The van der Waals surface area contributed by atoms with Gasteiger partial charge in [-0.1, -0.05) is 35.9 Å². The molecule has 0 aliphatic carbocycles. The summed E-state index contributed by atoms with van der Waals surface area (Å²) in [7, 11) is 0. The first kappa shape index (κ1) is 13.9. The highest BCUT2D eigenvalue weighted by Crippen LogP contribution is 2.39. The van der Waals surface area contributed by atoms with Crippen molar-refractivity contribution in [1.82, 2.24) is 0 Å². The molecule has 4 aromatic rings. The Morgan fingerprint density at radius 3 is 2.45 bits per heavy atom. The molecule has 3 aromatic carbocycles. The Labute approximate surface area is 139 Å². The van der Waals surface area contributed by atoms with Crippen LogP contribution in [0.25, 0.3) is 31.3 Å². The molecule has 0 N–H and O–H groups in total. The highest BCUT2D eigenvalue weighted by atomic mass is 32.1. The third-order valence-electron chi connectivity index (χ3n) is 4.17. The van der Waals surface area contributed by atoms with Crippen molar-refractivity contribution in [1.29, 1.82) is 0 Å². The third-order valence-corrected chi connectivity index (χ3v) is 5.69. The highest BCUT2D eigenvalue weighted by Gasteiger charge is 2.11. The molecule has 1 heterocycles. The van der Waals surface area contributed by atoms with Gasteiger partial charge < -0.3 is 0 Å². The first-order chi connectivity index (χ1) is 10.6. The van der Waals surface area contributed by atoms with Crippen molar-refractivity contribution in [3.63, 3.8) is 0 Å². The lowest BCUT2D eigenvalue weighted by molar-refractivity contribution is 1.36. The van der Waals surface area contributed by atoms with Gasteiger partial charge in [0.25, 0.3) is 0 Å². The van der Waals surface area contributed by atoms with Gasteiger partial charge in [0.1, 0.15) is 0 Å². The minimum absolute atomic E-state index is 1.04. The largest absolute Gasteiger partial charge is 0.143 e. The maximum atomic E-state index is 4.65. The van der Waals surface area contributed by atoms with Crippen LogP contribution >= 0.6 is 24.0 Å². The Bertz CT molecular complexity index is 1010. The zero-order valence-corrected chi connectivity index (χ0v) is 14.3. The number of aryl methyl sites for hydroxylation is 2. The Balaban J connectivity index is 2.05. The smallest absolute Gasteiger partial charge is 0.0361 e. The van der Waals surface area contributed by atoms with Crippen molar-refractivity contribution in [3.8, 4) is 11.1 Å². The standard InChI is InChI=1S/C20H16S2/c1-12-7-8-18(21)16(9-12)15-11-20-17(10-13(15)2)14-5-3-4-6-19(14)22-20/h3-11,21H,1-2H3. The second kappa shape index (κ2) is 5.15. The molecule has 0 nitrogen and oxygen atoms in total. The lowest BCUT2D eigenvalue weighted by Gasteiger charge is -2.10. The molecule has 0 aliphatic rings. The van der Waals surface area contributed by atoms with Crippen LogP contribution in [-0.2, 0) is 0 Å². The number of hydrogen-bond acceptors (Lipinski definition) is 2. The summed E-state index contributed by atoms with van der Waals surface area (Å²) in [5, 5.41) is 2.71. The second-order valence-electron chi connectivity index (χ2n) is 5.78. The van der Waals surface area contributed by atoms with E-state index in [0.717, 1.165) is 4.90 Å². The molecule has 0 aliphatic heterocycles. The summed E-state index contributed by atoms with van der Waals surface area (Å²) < 4.78 is 2.69. The van der Waals surface area contributed by atoms with Crippen LogP contribution in [0.3, 0.4) is 0 Å². The number of rotatable bonds is 1. The SMILES string of the molecule is Cc1ccc(S)c(-c2cc3sc4ccccc4c3cc2C)c1. The Kier molecular flexibility index (Phi) is 3.24. The number of fused-ring (bicyclic) bond motifs is 3. The first-order valence-electron chi connectivity index (χ1n) is 7.35. The first-order valence-corrected chi connectivity index (χ1v) is 8.62. The van der Waals surface area contributed by atoms with Gasteiger partial charge in [0.2, 0.25) is 0 Å². The van der Waals surface area contributed by atoms with E-state index in [0.29, 0.717) is 0 Å². The summed E-state index contributed by atoms with van der Waals surface area (Å²) in [6, 6.07) is 19.7. The molecule has 0 saturated carbocycles. The third kappa shape index (κ3) is 2.15. The highest BCUT2D eigenvalue weighted by molar-refractivity contribution is 7.80. The molecular formula is C20H16S2. The van der Waals surface area contributed by atoms with Crippen molar-refractivity contribution < 1.29 is 0 Å². The van der Waals surface area contributed by atoms with Crippen molar-refractivity contribution >= 4 is 44.1 Å². The van der Waals surface area contributed by atoms with Gasteiger partial charge in [0, 0.05) is 25.1 Å². The maximum Gasteiger partial charge on any atom is 0.0361 e. The second-order valence-corrected chi connectivity index (χ2v) is 7.35. The zero-order chi connectivity index (χ0) is 15.3. The van der Waals surface area contributed by atoms with E-state index >= 15 is 0 Å². The maximum absolute atomic E-state index is 4.65. The Hall–Kier alpha value is -1.77. The lowest BCUT2D eigenvalue weighted by atomic mass is 9.97. The molecule has 0 amide bonds. The zero-order valence-electron chi connectivity index (χ0n) is 12.6. The number of benzene rings is 3. The van der Waals surface area contributed by atoms with Crippen LogP contribution in [0, 0.1) is 13.8 Å². The molecule has 2 heteroatoms. The minimum Gasteiger partial charge on any atom is -0.143 e. The summed E-state index contributed by atoms with van der Waals surface area (Å²) in [6.07, 6.45) is 0. The van der Waals surface area contributed by atoms with E-state index < -0.39 is 0 Å².